The molecule has 8 nitrogen and oxygen atoms in total. The number of ether oxygens (including phenoxy) is 1. The van der Waals surface area contributed by atoms with Crippen LogP contribution in [0.15, 0.2) is 54.6 Å². The number of nitro groups is 1. The van der Waals surface area contributed by atoms with E-state index >= 15 is 0 Å². The minimum Gasteiger partial charge on any atom is -0.481 e. The van der Waals surface area contributed by atoms with Gasteiger partial charge in [-0.25, -0.2) is 0 Å². The van der Waals surface area contributed by atoms with E-state index in [-0.39, 0.29) is 11.7 Å². The molecule has 2 rings (SSSR count). The number of nitrogens with two attached hydrogens (primary N) is 1. The van der Waals surface area contributed by atoms with Crippen LogP contribution in [0.2, 0.25) is 0 Å². The number of aliphatic carboxylic acids is 1. The van der Waals surface area contributed by atoms with Gasteiger partial charge in [-0.2, -0.15) is 0 Å². The Balaban J connectivity index is 0.000000375. The van der Waals surface area contributed by atoms with E-state index < -0.39 is 10.9 Å². The SMILES string of the molecule is COC(=O)CCCCCC=Cc1ccc([N+](=O)[O-])cc1.Nc1ccc(CCCCCCCC(=O)O)cc1. The molecule has 0 amide bonds. The quantitative estimate of drug-likeness (QED) is 0.0815. The van der Waals surface area contributed by atoms with Crippen molar-refractivity contribution in [1.29, 1.82) is 0 Å². The normalized spacial score (nSPS) is 10.5. The summed E-state index contributed by atoms with van der Waals surface area (Å²) in [6, 6.07) is 14.5. The van der Waals surface area contributed by atoms with Crippen molar-refractivity contribution in [1.82, 2.24) is 0 Å². The Morgan fingerprint density at radius 2 is 1.49 bits per heavy atom. The lowest BCUT2D eigenvalue weighted by Crippen LogP contribution is -1.98. The van der Waals surface area contributed by atoms with Crippen molar-refractivity contribution in [3.63, 3.8) is 0 Å². The lowest BCUT2D eigenvalue weighted by atomic mass is 10.0. The number of nitrogen functional groups attached to an aromatic ring is 1. The molecular formula is C29H40N2O6. The van der Waals surface area contributed by atoms with E-state index in [4.69, 9.17) is 10.8 Å². The first-order valence-electron chi connectivity index (χ1n) is 12.9. The molecule has 0 aliphatic rings. The average Bonchev–Trinajstić information content (AvgIpc) is 2.89. The summed E-state index contributed by atoms with van der Waals surface area (Å²) in [7, 11) is 1.40. The first-order valence-corrected chi connectivity index (χ1v) is 12.9. The number of esters is 1. The highest BCUT2D eigenvalue weighted by atomic mass is 16.6. The van der Waals surface area contributed by atoms with Gasteiger partial charge in [-0.1, -0.05) is 50.0 Å². The predicted molar refractivity (Wildman–Crippen MR) is 147 cm³/mol. The van der Waals surface area contributed by atoms with Crippen molar-refractivity contribution in [2.45, 2.75) is 77.0 Å². The van der Waals surface area contributed by atoms with Gasteiger partial charge < -0.3 is 15.6 Å². The minimum atomic E-state index is -0.688. The number of unbranched alkanes of at least 4 members (excludes halogenated alkanes) is 7. The summed E-state index contributed by atoms with van der Waals surface area (Å²) in [5, 5.41) is 19.0. The van der Waals surface area contributed by atoms with Gasteiger partial charge in [0.15, 0.2) is 0 Å². The summed E-state index contributed by atoms with van der Waals surface area (Å²) in [5.74, 6) is -0.849. The molecule has 0 radical (unpaired) electrons. The Morgan fingerprint density at radius 3 is 2.11 bits per heavy atom. The van der Waals surface area contributed by atoms with E-state index in [9.17, 15) is 19.7 Å². The van der Waals surface area contributed by atoms with Crippen molar-refractivity contribution >= 4 is 29.4 Å². The molecule has 0 heterocycles. The minimum absolute atomic E-state index is 0.102. The zero-order chi connectivity index (χ0) is 27.3. The smallest absolute Gasteiger partial charge is 0.305 e. The zero-order valence-corrected chi connectivity index (χ0v) is 21.8. The molecule has 0 aromatic heterocycles. The maximum atomic E-state index is 10.9. The maximum absolute atomic E-state index is 10.9. The van der Waals surface area contributed by atoms with Crippen LogP contribution in [-0.2, 0) is 20.7 Å². The first-order chi connectivity index (χ1) is 17.8. The number of benzene rings is 2. The lowest BCUT2D eigenvalue weighted by molar-refractivity contribution is -0.384. The number of hydrogen-bond acceptors (Lipinski definition) is 6. The van der Waals surface area contributed by atoms with Gasteiger partial charge in [-0.05, 0) is 73.9 Å². The summed E-state index contributed by atoms with van der Waals surface area (Å²) in [4.78, 5) is 31.3. The third-order valence-corrected chi connectivity index (χ3v) is 5.73. The Hall–Kier alpha value is -3.68. The first kappa shape index (κ1) is 31.4. The molecule has 3 N–H and O–H groups in total. The van der Waals surface area contributed by atoms with Crippen LogP contribution < -0.4 is 5.73 Å². The molecule has 0 atom stereocenters. The number of non-ortho nitro benzene ring substituents is 1. The number of carboxylic acids is 1. The number of allylic oxidation sites excluding steroid dienone is 1. The second-order valence-electron chi connectivity index (χ2n) is 8.83. The number of aryl methyl sites for hydroxylation is 1. The molecule has 8 heteroatoms. The van der Waals surface area contributed by atoms with Crippen molar-refractivity contribution in [2.75, 3.05) is 12.8 Å². The van der Waals surface area contributed by atoms with Crippen LogP contribution in [0.5, 0.6) is 0 Å². The number of nitrogens with zero attached hydrogens (tertiary/aromatic N) is 1. The summed E-state index contributed by atoms with van der Waals surface area (Å²) in [6.07, 6.45) is 14.9. The van der Waals surface area contributed by atoms with Crippen LogP contribution in [0, 0.1) is 10.1 Å². The van der Waals surface area contributed by atoms with Gasteiger partial charge in [-0.15, -0.1) is 0 Å². The van der Waals surface area contributed by atoms with E-state index in [1.165, 1.54) is 31.2 Å². The number of nitro benzene ring substituents is 1. The molecule has 37 heavy (non-hydrogen) atoms. The average molecular weight is 513 g/mol. The van der Waals surface area contributed by atoms with Crippen molar-refractivity contribution < 1.29 is 24.4 Å². The Kier molecular flexibility index (Phi) is 16.5. The van der Waals surface area contributed by atoms with Gasteiger partial charge in [0.1, 0.15) is 0 Å². The van der Waals surface area contributed by atoms with E-state index in [0.717, 1.165) is 69.0 Å². The highest BCUT2D eigenvalue weighted by molar-refractivity contribution is 5.69. The molecular weight excluding hydrogens is 472 g/mol. The third kappa shape index (κ3) is 16.6. The molecule has 0 spiro atoms. The molecule has 202 valence electrons. The van der Waals surface area contributed by atoms with Crippen LogP contribution >= 0.6 is 0 Å². The molecule has 0 saturated heterocycles. The molecule has 0 aliphatic carbocycles. The maximum Gasteiger partial charge on any atom is 0.305 e. The van der Waals surface area contributed by atoms with Crippen molar-refractivity contribution in [3.8, 4) is 0 Å². The number of rotatable bonds is 16. The molecule has 0 unspecified atom stereocenters. The molecule has 2 aromatic carbocycles. The van der Waals surface area contributed by atoms with Gasteiger partial charge in [0.25, 0.3) is 5.69 Å². The number of anilines is 1. The summed E-state index contributed by atoms with van der Waals surface area (Å²) in [6.45, 7) is 0. The highest BCUT2D eigenvalue weighted by Crippen LogP contribution is 2.14. The van der Waals surface area contributed by atoms with Gasteiger partial charge >= 0.3 is 11.9 Å². The van der Waals surface area contributed by atoms with Crippen LogP contribution in [0.1, 0.15) is 81.8 Å². The van der Waals surface area contributed by atoms with Crippen molar-refractivity contribution in [3.05, 3.63) is 75.8 Å². The predicted octanol–water partition coefficient (Wildman–Crippen LogP) is 6.97. The standard InChI is InChI=1S/C15H19NO4.C14H21NO2/c1-20-15(17)8-6-4-2-3-5-7-13-9-11-14(12-10-13)16(18)19;15-13-10-8-12(9-11-13)6-4-2-1-3-5-7-14(16)17/h5,7,9-12H,2-4,6,8H2,1H3;8-11H,1-7,15H2,(H,16,17). The van der Waals surface area contributed by atoms with Crippen LogP contribution in [0.3, 0.4) is 0 Å². The van der Waals surface area contributed by atoms with Crippen LogP contribution in [0.4, 0.5) is 11.4 Å². The topological polar surface area (TPSA) is 133 Å². The fourth-order valence-electron chi connectivity index (χ4n) is 3.56. The molecule has 0 fully saturated rings. The van der Waals surface area contributed by atoms with Crippen LogP contribution in [-0.4, -0.2) is 29.1 Å². The molecule has 0 saturated carbocycles. The van der Waals surface area contributed by atoms with Gasteiger partial charge in [0.05, 0.1) is 12.0 Å². The third-order valence-electron chi connectivity index (χ3n) is 5.73. The van der Waals surface area contributed by atoms with Crippen LogP contribution in [0.25, 0.3) is 6.08 Å². The Morgan fingerprint density at radius 1 is 0.892 bits per heavy atom. The van der Waals surface area contributed by atoms with Gasteiger partial charge in [-0.3, -0.25) is 19.7 Å². The number of hydrogen-bond donors (Lipinski definition) is 2. The van der Waals surface area contributed by atoms with E-state index in [2.05, 4.69) is 16.9 Å². The molecule has 2 aromatic rings. The molecule has 0 aliphatic heterocycles. The summed E-state index contributed by atoms with van der Waals surface area (Å²) in [5.41, 5.74) is 8.80. The van der Waals surface area contributed by atoms with E-state index in [1.54, 1.807) is 12.1 Å². The second kappa shape index (κ2) is 19.5. The van der Waals surface area contributed by atoms with E-state index in [1.807, 2.05) is 24.3 Å². The fourth-order valence-corrected chi connectivity index (χ4v) is 3.56. The number of methoxy groups -OCH3 is 1. The lowest BCUT2D eigenvalue weighted by Gasteiger charge is -2.02. The number of carboxylic acid groups (broad SMARTS) is 1. The summed E-state index contributed by atoms with van der Waals surface area (Å²) < 4.78 is 4.56. The zero-order valence-electron chi connectivity index (χ0n) is 21.8. The second-order valence-corrected chi connectivity index (χ2v) is 8.83. The van der Waals surface area contributed by atoms with Gasteiger partial charge in [0, 0.05) is 30.7 Å². The Labute approximate surface area is 219 Å². The number of carbonyl (C=O) groups is 2. The van der Waals surface area contributed by atoms with Gasteiger partial charge in [0.2, 0.25) is 0 Å². The van der Waals surface area contributed by atoms with E-state index in [0.29, 0.717) is 12.8 Å². The van der Waals surface area contributed by atoms with Crippen molar-refractivity contribution in [2.24, 2.45) is 0 Å². The summed E-state index contributed by atoms with van der Waals surface area (Å²) >= 11 is 0. The highest BCUT2D eigenvalue weighted by Gasteiger charge is 2.02. The monoisotopic (exact) mass is 512 g/mol. The molecule has 0 bridgehead atoms. The number of carbonyl (C=O) groups excluding carboxylic acids is 1. The Bertz CT molecular complexity index is 955. The fraction of sp³-hybridized carbons (Fsp3) is 0.448. The largest absolute Gasteiger partial charge is 0.481 e.